The molecule has 0 bridgehead atoms. The van der Waals surface area contributed by atoms with Gasteiger partial charge in [0.2, 0.25) is 15.9 Å². The largest absolute Gasteiger partial charge is 0.395 e. The first-order valence-electron chi connectivity index (χ1n) is 5.24. The summed E-state index contributed by atoms with van der Waals surface area (Å²) in [5.41, 5.74) is 5.00. The second kappa shape index (κ2) is 4.54. The summed E-state index contributed by atoms with van der Waals surface area (Å²) in [4.78, 5) is 10.9. The van der Waals surface area contributed by atoms with Crippen LogP contribution in [0.2, 0.25) is 0 Å². The van der Waals surface area contributed by atoms with Crippen LogP contribution in [0.5, 0.6) is 0 Å². The molecule has 0 radical (unpaired) electrons. The molecule has 1 aliphatic rings. The van der Waals surface area contributed by atoms with Gasteiger partial charge in [-0.25, -0.2) is 12.8 Å². The number of para-hydroxylation sites is 1. The van der Waals surface area contributed by atoms with Crippen LogP contribution < -0.4 is 11.1 Å². The molecule has 0 saturated carbocycles. The SMILES string of the molecule is Nc1c(F)cccc1S(=O)(=O)N1CCNC(=O)C1. The van der Waals surface area contributed by atoms with Crippen LogP contribution in [0, 0.1) is 5.82 Å². The van der Waals surface area contributed by atoms with E-state index in [-0.39, 0.29) is 30.4 Å². The summed E-state index contributed by atoms with van der Waals surface area (Å²) in [6.45, 7) is 0.0929. The molecular weight excluding hydrogens is 261 g/mol. The predicted octanol–water partition coefficient (Wildman–Crippen LogP) is -0.472. The van der Waals surface area contributed by atoms with Crippen LogP contribution in [-0.2, 0) is 14.8 Å². The third kappa shape index (κ3) is 2.16. The summed E-state index contributed by atoms with van der Waals surface area (Å²) in [7, 11) is -3.94. The third-order valence-corrected chi connectivity index (χ3v) is 4.54. The molecule has 2 rings (SSSR count). The van der Waals surface area contributed by atoms with Gasteiger partial charge in [0.05, 0.1) is 12.2 Å². The van der Waals surface area contributed by atoms with Gasteiger partial charge < -0.3 is 11.1 Å². The lowest BCUT2D eigenvalue weighted by Gasteiger charge is -2.26. The van der Waals surface area contributed by atoms with Gasteiger partial charge in [-0.15, -0.1) is 0 Å². The maximum Gasteiger partial charge on any atom is 0.245 e. The number of halogens is 1. The Morgan fingerprint density at radius 2 is 2.11 bits per heavy atom. The Labute approximate surface area is 104 Å². The van der Waals surface area contributed by atoms with Crippen molar-refractivity contribution in [3.8, 4) is 0 Å². The second-order valence-corrected chi connectivity index (χ2v) is 5.75. The minimum absolute atomic E-state index is 0.143. The van der Waals surface area contributed by atoms with Gasteiger partial charge in [0, 0.05) is 13.1 Å². The van der Waals surface area contributed by atoms with Crippen molar-refractivity contribution in [1.29, 1.82) is 0 Å². The van der Waals surface area contributed by atoms with Crippen LogP contribution >= 0.6 is 0 Å². The van der Waals surface area contributed by atoms with Crippen LogP contribution in [0.1, 0.15) is 0 Å². The molecule has 1 heterocycles. The van der Waals surface area contributed by atoms with Crippen molar-refractivity contribution in [2.45, 2.75) is 4.90 Å². The van der Waals surface area contributed by atoms with E-state index in [2.05, 4.69) is 5.32 Å². The molecule has 1 fully saturated rings. The van der Waals surface area contributed by atoms with Gasteiger partial charge in [-0.3, -0.25) is 4.79 Å². The number of piperazine rings is 1. The summed E-state index contributed by atoms with van der Waals surface area (Å²) >= 11 is 0. The van der Waals surface area contributed by atoms with Gasteiger partial charge in [0.25, 0.3) is 0 Å². The van der Waals surface area contributed by atoms with E-state index in [9.17, 15) is 17.6 Å². The van der Waals surface area contributed by atoms with Gasteiger partial charge in [0.1, 0.15) is 10.7 Å². The lowest BCUT2D eigenvalue weighted by Crippen LogP contribution is -2.49. The number of nitrogens with two attached hydrogens (primary N) is 1. The number of rotatable bonds is 2. The molecule has 1 amide bonds. The van der Waals surface area contributed by atoms with Crippen LogP contribution in [0.4, 0.5) is 10.1 Å². The molecule has 0 aliphatic carbocycles. The summed E-state index contributed by atoms with van der Waals surface area (Å²) in [5.74, 6) is -1.18. The van der Waals surface area contributed by atoms with Crippen LogP contribution in [0.3, 0.4) is 0 Å². The molecule has 0 aromatic heterocycles. The first-order valence-corrected chi connectivity index (χ1v) is 6.68. The monoisotopic (exact) mass is 273 g/mol. The average Bonchev–Trinajstić information content (AvgIpc) is 2.32. The lowest BCUT2D eigenvalue weighted by molar-refractivity contribution is -0.122. The molecule has 1 aromatic rings. The van der Waals surface area contributed by atoms with E-state index in [0.717, 1.165) is 10.4 Å². The summed E-state index contributed by atoms with van der Waals surface area (Å²) in [6.07, 6.45) is 0. The zero-order chi connectivity index (χ0) is 13.3. The molecule has 0 spiro atoms. The first kappa shape index (κ1) is 12.8. The van der Waals surface area contributed by atoms with Crippen molar-refractivity contribution in [3.63, 3.8) is 0 Å². The summed E-state index contributed by atoms with van der Waals surface area (Å²) in [6, 6.07) is 3.57. The van der Waals surface area contributed by atoms with Crippen molar-refractivity contribution in [2.75, 3.05) is 25.4 Å². The van der Waals surface area contributed by atoms with Crippen LogP contribution in [0.25, 0.3) is 0 Å². The Bertz CT molecular complexity index is 588. The maximum absolute atomic E-state index is 13.3. The number of nitrogens with zero attached hydrogens (tertiary/aromatic N) is 1. The Morgan fingerprint density at radius 3 is 2.78 bits per heavy atom. The zero-order valence-corrected chi connectivity index (χ0v) is 10.2. The van der Waals surface area contributed by atoms with Crippen LogP contribution in [-0.4, -0.2) is 38.3 Å². The minimum Gasteiger partial charge on any atom is -0.395 e. The molecule has 1 aromatic carbocycles. The molecule has 1 saturated heterocycles. The fourth-order valence-corrected chi connectivity index (χ4v) is 3.22. The summed E-state index contributed by atoms with van der Waals surface area (Å²) < 4.78 is 38.7. The van der Waals surface area contributed by atoms with Crippen LogP contribution in [0.15, 0.2) is 23.1 Å². The van der Waals surface area contributed by atoms with E-state index >= 15 is 0 Å². The number of carbonyl (C=O) groups excluding carboxylic acids is 1. The number of benzene rings is 1. The van der Waals surface area contributed by atoms with Gasteiger partial charge in [0.15, 0.2) is 0 Å². The van der Waals surface area contributed by atoms with Gasteiger partial charge in [-0.1, -0.05) is 6.07 Å². The molecular formula is C10H12FN3O3S. The Kier molecular flexibility index (Phi) is 3.22. The van der Waals surface area contributed by atoms with E-state index in [1.165, 1.54) is 12.1 Å². The van der Waals surface area contributed by atoms with Gasteiger partial charge in [-0.2, -0.15) is 4.31 Å². The van der Waals surface area contributed by atoms with Crippen molar-refractivity contribution in [3.05, 3.63) is 24.0 Å². The first-order chi connectivity index (χ1) is 8.43. The predicted molar refractivity (Wildman–Crippen MR) is 62.6 cm³/mol. The molecule has 0 unspecified atom stereocenters. The number of sulfonamides is 1. The quantitative estimate of drug-likeness (QED) is 0.712. The molecule has 6 nitrogen and oxygen atoms in total. The maximum atomic E-state index is 13.3. The highest BCUT2D eigenvalue weighted by molar-refractivity contribution is 7.89. The molecule has 3 N–H and O–H groups in total. The van der Waals surface area contributed by atoms with E-state index in [0.29, 0.717) is 0 Å². The number of nitrogens with one attached hydrogen (secondary N) is 1. The van der Waals surface area contributed by atoms with Gasteiger partial charge >= 0.3 is 0 Å². The highest BCUT2D eigenvalue weighted by Gasteiger charge is 2.31. The van der Waals surface area contributed by atoms with Crippen molar-refractivity contribution < 1.29 is 17.6 Å². The number of carbonyl (C=O) groups is 1. The Balaban J connectivity index is 2.42. The van der Waals surface area contributed by atoms with E-state index in [4.69, 9.17) is 5.73 Å². The highest BCUT2D eigenvalue weighted by atomic mass is 32.2. The molecule has 98 valence electrons. The molecule has 0 atom stereocenters. The van der Waals surface area contributed by atoms with E-state index < -0.39 is 21.5 Å². The number of hydrogen-bond donors (Lipinski definition) is 2. The van der Waals surface area contributed by atoms with Gasteiger partial charge in [-0.05, 0) is 12.1 Å². The normalized spacial score (nSPS) is 17.5. The second-order valence-electron chi connectivity index (χ2n) is 3.84. The van der Waals surface area contributed by atoms with E-state index in [1.807, 2.05) is 0 Å². The average molecular weight is 273 g/mol. The number of amides is 1. The van der Waals surface area contributed by atoms with Crippen molar-refractivity contribution >= 4 is 21.6 Å². The third-order valence-electron chi connectivity index (χ3n) is 2.63. The number of nitrogen functional groups attached to an aromatic ring is 1. The standard InChI is InChI=1S/C10H12FN3O3S/c11-7-2-1-3-8(10(7)12)18(16,17)14-5-4-13-9(15)6-14/h1-3H,4-6,12H2,(H,13,15). The molecule has 8 heteroatoms. The zero-order valence-electron chi connectivity index (χ0n) is 9.39. The fraction of sp³-hybridized carbons (Fsp3) is 0.300. The van der Waals surface area contributed by atoms with Crippen molar-refractivity contribution in [2.24, 2.45) is 0 Å². The fourth-order valence-electron chi connectivity index (χ4n) is 1.70. The van der Waals surface area contributed by atoms with E-state index in [1.54, 1.807) is 0 Å². The number of anilines is 1. The lowest BCUT2D eigenvalue weighted by atomic mass is 10.3. The smallest absolute Gasteiger partial charge is 0.245 e. The summed E-state index contributed by atoms with van der Waals surface area (Å²) in [5, 5.41) is 2.51. The highest BCUT2D eigenvalue weighted by Crippen LogP contribution is 2.24. The topological polar surface area (TPSA) is 92.5 Å². The number of hydrogen-bond acceptors (Lipinski definition) is 4. The Morgan fingerprint density at radius 1 is 1.39 bits per heavy atom. The Hall–Kier alpha value is -1.67. The van der Waals surface area contributed by atoms with Crippen molar-refractivity contribution in [1.82, 2.24) is 9.62 Å². The molecule has 1 aliphatic heterocycles. The minimum atomic E-state index is -3.94. The molecule has 18 heavy (non-hydrogen) atoms.